The van der Waals surface area contributed by atoms with Crippen molar-refractivity contribution in [2.75, 3.05) is 14.2 Å². The van der Waals surface area contributed by atoms with Crippen molar-refractivity contribution < 1.29 is 19.0 Å². The van der Waals surface area contributed by atoms with Gasteiger partial charge in [-0.25, -0.2) is 4.79 Å². The number of carbonyl (C=O) groups excluding carboxylic acids is 1. The predicted octanol–water partition coefficient (Wildman–Crippen LogP) is 3.53. The van der Waals surface area contributed by atoms with Gasteiger partial charge in [0.25, 0.3) is 0 Å². The molecule has 0 aliphatic heterocycles. The highest BCUT2D eigenvalue weighted by Crippen LogP contribution is 2.20. The summed E-state index contributed by atoms with van der Waals surface area (Å²) in [6, 6.07) is 7.15. The first-order chi connectivity index (χ1) is 10.1. The number of hydrogen-bond acceptors (Lipinski definition) is 4. The van der Waals surface area contributed by atoms with E-state index in [4.69, 9.17) is 14.2 Å². The maximum absolute atomic E-state index is 11.6. The van der Waals surface area contributed by atoms with Crippen LogP contribution in [0.4, 0.5) is 0 Å². The number of ether oxygens (including phenoxy) is 3. The maximum atomic E-state index is 11.6. The Hall–Kier alpha value is -2.23. The van der Waals surface area contributed by atoms with Crippen molar-refractivity contribution in [3.05, 3.63) is 48.6 Å². The Morgan fingerprint density at radius 1 is 1.24 bits per heavy atom. The second-order valence-electron chi connectivity index (χ2n) is 4.45. The lowest BCUT2D eigenvalue weighted by atomic mass is 10.1. The number of rotatable bonds is 8. The van der Waals surface area contributed by atoms with E-state index in [2.05, 4.69) is 13.5 Å². The molecule has 0 aromatic heterocycles. The Morgan fingerprint density at radius 3 is 2.38 bits per heavy atom. The van der Waals surface area contributed by atoms with E-state index in [-0.39, 0.29) is 5.57 Å². The molecule has 0 heterocycles. The third-order valence-electron chi connectivity index (χ3n) is 2.88. The summed E-state index contributed by atoms with van der Waals surface area (Å²) in [6.07, 6.45) is 5.19. The highest BCUT2D eigenvalue weighted by atomic mass is 16.5. The number of allylic oxidation sites excluding steroid dienone is 1. The third kappa shape index (κ3) is 5.34. The summed E-state index contributed by atoms with van der Waals surface area (Å²) in [5, 5.41) is 0. The van der Waals surface area contributed by atoms with Crippen LogP contribution < -0.4 is 9.47 Å². The number of benzene rings is 1. The maximum Gasteiger partial charge on any atom is 0.337 e. The standard InChI is InChI=1S/C17H22O4/c1-5-6-7-8-16(13(2)17(18)20-4)21-15-11-9-14(19-3)10-12-15/h7-12,16H,2,5-6H2,1,3-4H3/b8-7+/t16-/m0/s1. The zero-order valence-corrected chi connectivity index (χ0v) is 12.8. The molecule has 0 amide bonds. The van der Waals surface area contributed by atoms with Gasteiger partial charge in [-0.2, -0.15) is 0 Å². The van der Waals surface area contributed by atoms with Crippen LogP contribution in [0.1, 0.15) is 19.8 Å². The molecule has 1 aromatic rings. The van der Waals surface area contributed by atoms with E-state index in [0.717, 1.165) is 18.6 Å². The van der Waals surface area contributed by atoms with E-state index in [1.54, 1.807) is 31.4 Å². The molecule has 0 aliphatic rings. The van der Waals surface area contributed by atoms with Gasteiger partial charge in [-0.05, 0) is 36.8 Å². The molecule has 0 bridgehead atoms. The molecule has 4 nitrogen and oxygen atoms in total. The molecule has 0 saturated heterocycles. The number of hydrogen-bond donors (Lipinski definition) is 0. The summed E-state index contributed by atoms with van der Waals surface area (Å²) in [6.45, 7) is 5.84. The fraction of sp³-hybridized carbons (Fsp3) is 0.353. The van der Waals surface area contributed by atoms with Crippen molar-refractivity contribution in [2.24, 2.45) is 0 Å². The second-order valence-corrected chi connectivity index (χ2v) is 4.45. The first kappa shape index (κ1) is 16.8. The average Bonchev–Trinajstić information content (AvgIpc) is 2.53. The molecule has 0 radical (unpaired) electrons. The van der Waals surface area contributed by atoms with Crippen LogP contribution in [-0.2, 0) is 9.53 Å². The van der Waals surface area contributed by atoms with Gasteiger partial charge in [0.2, 0.25) is 0 Å². The summed E-state index contributed by atoms with van der Waals surface area (Å²) in [5.41, 5.74) is 0.265. The normalized spacial score (nSPS) is 12.0. The Bertz CT molecular complexity index is 488. The Kier molecular flexibility index (Phi) is 7.09. The van der Waals surface area contributed by atoms with Gasteiger partial charge in [0.05, 0.1) is 19.8 Å². The smallest absolute Gasteiger partial charge is 0.337 e. The van der Waals surface area contributed by atoms with Crippen LogP contribution in [0.15, 0.2) is 48.6 Å². The lowest BCUT2D eigenvalue weighted by Crippen LogP contribution is -2.22. The fourth-order valence-corrected chi connectivity index (χ4v) is 1.66. The van der Waals surface area contributed by atoms with Crippen LogP contribution in [-0.4, -0.2) is 26.3 Å². The van der Waals surface area contributed by atoms with Crippen LogP contribution in [0.5, 0.6) is 11.5 Å². The number of carbonyl (C=O) groups is 1. The summed E-state index contributed by atoms with van der Waals surface area (Å²) in [4.78, 5) is 11.6. The van der Waals surface area contributed by atoms with E-state index in [9.17, 15) is 4.79 Å². The minimum atomic E-state index is -0.544. The molecule has 0 fully saturated rings. The number of methoxy groups -OCH3 is 2. The molecule has 0 N–H and O–H groups in total. The van der Waals surface area contributed by atoms with Crippen molar-refractivity contribution in [1.29, 1.82) is 0 Å². The zero-order chi connectivity index (χ0) is 15.7. The van der Waals surface area contributed by atoms with Gasteiger partial charge >= 0.3 is 5.97 Å². The van der Waals surface area contributed by atoms with Gasteiger partial charge in [-0.3, -0.25) is 0 Å². The van der Waals surface area contributed by atoms with Crippen LogP contribution in [0.25, 0.3) is 0 Å². The summed E-state index contributed by atoms with van der Waals surface area (Å²) < 4.78 is 15.6. The molecule has 0 unspecified atom stereocenters. The van der Waals surface area contributed by atoms with Gasteiger partial charge in [0, 0.05) is 0 Å². The summed E-state index contributed by atoms with van der Waals surface area (Å²) in [5.74, 6) is 0.897. The van der Waals surface area contributed by atoms with Crippen LogP contribution >= 0.6 is 0 Å². The summed E-state index contributed by atoms with van der Waals surface area (Å²) in [7, 11) is 2.93. The molecule has 1 rings (SSSR count). The number of unbranched alkanes of at least 4 members (excludes halogenated alkanes) is 1. The van der Waals surface area contributed by atoms with E-state index in [1.807, 2.05) is 12.2 Å². The Labute approximate surface area is 126 Å². The summed E-state index contributed by atoms with van der Waals surface area (Å²) >= 11 is 0. The minimum absolute atomic E-state index is 0.265. The van der Waals surface area contributed by atoms with E-state index in [1.165, 1.54) is 7.11 Å². The van der Waals surface area contributed by atoms with Gasteiger partial charge in [0.15, 0.2) is 0 Å². The minimum Gasteiger partial charge on any atom is -0.497 e. The topological polar surface area (TPSA) is 44.8 Å². The van der Waals surface area contributed by atoms with Gasteiger partial charge < -0.3 is 14.2 Å². The average molecular weight is 290 g/mol. The molecule has 114 valence electrons. The molecule has 0 saturated carbocycles. The van der Waals surface area contributed by atoms with Crippen molar-refractivity contribution in [3.8, 4) is 11.5 Å². The van der Waals surface area contributed by atoms with Crippen molar-refractivity contribution in [3.63, 3.8) is 0 Å². The van der Waals surface area contributed by atoms with Crippen LogP contribution in [0, 0.1) is 0 Å². The quantitative estimate of drug-likeness (QED) is 0.417. The lowest BCUT2D eigenvalue weighted by Gasteiger charge is -2.17. The molecular formula is C17H22O4. The Balaban J connectivity index is 2.84. The van der Waals surface area contributed by atoms with Crippen molar-refractivity contribution in [1.82, 2.24) is 0 Å². The molecule has 0 aliphatic carbocycles. The van der Waals surface area contributed by atoms with Gasteiger partial charge in [0.1, 0.15) is 17.6 Å². The third-order valence-corrected chi connectivity index (χ3v) is 2.88. The van der Waals surface area contributed by atoms with E-state index < -0.39 is 12.1 Å². The van der Waals surface area contributed by atoms with Crippen LogP contribution in [0.2, 0.25) is 0 Å². The van der Waals surface area contributed by atoms with Crippen molar-refractivity contribution >= 4 is 5.97 Å². The van der Waals surface area contributed by atoms with E-state index >= 15 is 0 Å². The zero-order valence-electron chi connectivity index (χ0n) is 12.8. The predicted molar refractivity (Wildman–Crippen MR) is 82.6 cm³/mol. The monoisotopic (exact) mass is 290 g/mol. The second kappa shape index (κ2) is 8.84. The van der Waals surface area contributed by atoms with E-state index in [0.29, 0.717) is 5.75 Å². The van der Waals surface area contributed by atoms with Gasteiger partial charge in [-0.1, -0.05) is 26.0 Å². The highest BCUT2D eigenvalue weighted by Gasteiger charge is 2.19. The SMILES string of the molecule is C=C(C(=O)OC)[C@H](/C=C/CCC)Oc1ccc(OC)cc1. The largest absolute Gasteiger partial charge is 0.497 e. The molecule has 21 heavy (non-hydrogen) atoms. The van der Waals surface area contributed by atoms with Gasteiger partial charge in [-0.15, -0.1) is 0 Å². The molecule has 1 atom stereocenters. The fourth-order valence-electron chi connectivity index (χ4n) is 1.66. The van der Waals surface area contributed by atoms with Crippen LogP contribution in [0.3, 0.4) is 0 Å². The highest BCUT2D eigenvalue weighted by molar-refractivity contribution is 5.89. The molecular weight excluding hydrogens is 268 g/mol. The van der Waals surface area contributed by atoms with Crippen molar-refractivity contribution in [2.45, 2.75) is 25.9 Å². The molecule has 0 spiro atoms. The lowest BCUT2D eigenvalue weighted by molar-refractivity contribution is -0.136. The molecule has 1 aromatic carbocycles. The first-order valence-electron chi connectivity index (χ1n) is 6.86. The first-order valence-corrected chi connectivity index (χ1v) is 6.86. The number of esters is 1. The molecule has 4 heteroatoms. The Morgan fingerprint density at radius 2 is 1.86 bits per heavy atom.